The first-order valence-electron chi connectivity index (χ1n) is 10.3. The molecule has 8 nitrogen and oxygen atoms in total. The second-order valence-corrected chi connectivity index (χ2v) is 7.39. The third-order valence-corrected chi connectivity index (χ3v) is 5.09. The summed E-state index contributed by atoms with van der Waals surface area (Å²) in [5.74, 6) is 1.44. The van der Waals surface area contributed by atoms with E-state index in [2.05, 4.69) is 39.5 Å². The number of benzene rings is 1. The third-order valence-electron chi connectivity index (χ3n) is 5.09. The minimum Gasteiger partial charge on any atom is -0.378 e. The lowest BCUT2D eigenvalue weighted by Gasteiger charge is -2.28. The van der Waals surface area contributed by atoms with E-state index in [-0.39, 0.29) is 0 Å². The van der Waals surface area contributed by atoms with Crippen LogP contribution >= 0.6 is 0 Å². The number of nitrogens with one attached hydrogen (secondary N) is 1. The average Bonchev–Trinajstić information content (AvgIpc) is 3.24. The molecule has 1 saturated heterocycles. The van der Waals surface area contributed by atoms with Crippen molar-refractivity contribution in [2.75, 3.05) is 36.6 Å². The molecule has 0 bridgehead atoms. The number of hydrazone groups is 1. The van der Waals surface area contributed by atoms with E-state index < -0.39 is 0 Å². The van der Waals surface area contributed by atoms with E-state index in [0.717, 1.165) is 41.6 Å². The lowest BCUT2D eigenvalue weighted by molar-refractivity contribution is 0.122. The molecule has 4 aromatic rings. The smallest absolute Gasteiger partial charge is 0.213 e. The summed E-state index contributed by atoms with van der Waals surface area (Å²) in [4.78, 5) is 16.3. The summed E-state index contributed by atoms with van der Waals surface area (Å²) in [6.45, 7) is 4.96. The number of aromatic nitrogens is 4. The maximum Gasteiger partial charge on any atom is 0.213 e. The average molecular weight is 413 g/mol. The maximum absolute atomic E-state index is 5.52. The van der Waals surface area contributed by atoms with Gasteiger partial charge in [0.25, 0.3) is 0 Å². The summed E-state index contributed by atoms with van der Waals surface area (Å²) in [6, 6.07) is 15.9. The highest BCUT2D eigenvalue weighted by Crippen LogP contribution is 2.24. The largest absolute Gasteiger partial charge is 0.378 e. The molecule has 1 N–H and O–H groups in total. The van der Waals surface area contributed by atoms with Gasteiger partial charge in [0.1, 0.15) is 11.3 Å². The van der Waals surface area contributed by atoms with E-state index in [4.69, 9.17) is 14.7 Å². The molecule has 0 unspecified atom stereocenters. The highest BCUT2D eigenvalue weighted by molar-refractivity contribution is 5.80. The van der Waals surface area contributed by atoms with Gasteiger partial charge in [-0.1, -0.05) is 35.9 Å². The van der Waals surface area contributed by atoms with E-state index in [9.17, 15) is 0 Å². The zero-order valence-corrected chi connectivity index (χ0v) is 17.3. The van der Waals surface area contributed by atoms with Crippen LogP contribution in [0.5, 0.6) is 0 Å². The van der Waals surface area contributed by atoms with Crippen molar-refractivity contribution in [1.29, 1.82) is 0 Å². The SMILES string of the molecule is Cc1cccc(/C=N/Nc2cc3nc(-c4ccccn4)cn3c(N3CCOCC3)n2)c1. The number of morpholine rings is 1. The van der Waals surface area contributed by atoms with Gasteiger partial charge in [-0.2, -0.15) is 10.1 Å². The van der Waals surface area contributed by atoms with E-state index in [1.165, 1.54) is 5.56 Å². The van der Waals surface area contributed by atoms with Gasteiger partial charge in [-0.3, -0.25) is 14.8 Å². The number of pyridine rings is 1. The number of hydrogen-bond acceptors (Lipinski definition) is 7. The normalized spacial score (nSPS) is 14.4. The fourth-order valence-electron chi connectivity index (χ4n) is 3.58. The summed E-state index contributed by atoms with van der Waals surface area (Å²) < 4.78 is 7.52. The molecule has 0 amide bonds. The van der Waals surface area contributed by atoms with Crippen molar-refractivity contribution in [3.05, 3.63) is 72.1 Å². The molecule has 0 spiro atoms. The highest BCUT2D eigenvalue weighted by Gasteiger charge is 2.18. The minimum absolute atomic E-state index is 0.635. The van der Waals surface area contributed by atoms with Crippen LogP contribution in [0.3, 0.4) is 0 Å². The summed E-state index contributed by atoms with van der Waals surface area (Å²) in [5, 5.41) is 4.38. The molecule has 31 heavy (non-hydrogen) atoms. The Morgan fingerprint density at radius 2 is 1.94 bits per heavy atom. The summed E-state index contributed by atoms with van der Waals surface area (Å²) in [5.41, 5.74) is 7.70. The lowest BCUT2D eigenvalue weighted by atomic mass is 10.2. The predicted molar refractivity (Wildman–Crippen MR) is 122 cm³/mol. The van der Waals surface area contributed by atoms with Crippen LogP contribution in [0.2, 0.25) is 0 Å². The van der Waals surface area contributed by atoms with Crippen molar-refractivity contribution in [1.82, 2.24) is 19.4 Å². The van der Waals surface area contributed by atoms with Crippen LogP contribution < -0.4 is 10.3 Å². The Labute approximate surface area is 180 Å². The van der Waals surface area contributed by atoms with Gasteiger partial charge in [0, 0.05) is 31.5 Å². The number of ether oxygens (including phenoxy) is 1. The van der Waals surface area contributed by atoms with Crippen molar-refractivity contribution in [3.8, 4) is 11.4 Å². The molecule has 156 valence electrons. The van der Waals surface area contributed by atoms with Crippen LogP contribution in [0.15, 0.2) is 66.0 Å². The Morgan fingerprint density at radius 1 is 1.03 bits per heavy atom. The number of rotatable bonds is 5. The van der Waals surface area contributed by atoms with Crippen LogP contribution in [-0.4, -0.2) is 51.9 Å². The second kappa shape index (κ2) is 8.53. The standard InChI is InChI=1S/C23H23N7O/c1-17-5-4-6-18(13-17)15-25-28-21-14-22-26-20(19-7-2-3-8-24-19)16-30(22)23(27-21)29-9-11-31-12-10-29/h2-8,13-16,28H,9-12H2,1H3/b25-15+. The van der Waals surface area contributed by atoms with Crippen molar-refractivity contribution < 1.29 is 4.74 Å². The first-order valence-corrected chi connectivity index (χ1v) is 10.3. The molecule has 0 atom stereocenters. The lowest BCUT2D eigenvalue weighted by Crippen LogP contribution is -2.38. The Morgan fingerprint density at radius 3 is 2.74 bits per heavy atom. The molecule has 0 radical (unpaired) electrons. The van der Waals surface area contributed by atoms with Gasteiger partial charge in [-0.25, -0.2) is 4.98 Å². The molecule has 1 aromatic carbocycles. The fourth-order valence-corrected chi connectivity index (χ4v) is 3.58. The van der Waals surface area contributed by atoms with Gasteiger partial charge in [-0.15, -0.1) is 0 Å². The fraction of sp³-hybridized carbons (Fsp3) is 0.217. The number of imidazole rings is 1. The van der Waals surface area contributed by atoms with Gasteiger partial charge in [0.05, 0.1) is 25.1 Å². The Bertz CT molecular complexity index is 1210. The molecule has 5 rings (SSSR count). The Balaban J connectivity index is 1.50. The molecule has 1 aliphatic rings. The first kappa shape index (κ1) is 19.2. The number of aryl methyl sites for hydroxylation is 1. The molecule has 4 heterocycles. The van der Waals surface area contributed by atoms with Crippen LogP contribution in [0.25, 0.3) is 17.0 Å². The van der Waals surface area contributed by atoms with Crippen molar-refractivity contribution >= 4 is 23.6 Å². The molecule has 0 aliphatic carbocycles. The van der Waals surface area contributed by atoms with E-state index in [1.807, 2.05) is 47.0 Å². The molecule has 1 fully saturated rings. The molecule has 0 saturated carbocycles. The number of fused-ring (bicyclic) bond motifs is 1. The van der Waals surface area contributed by atoms with Crippen molar-refractivity contribution in [3.63, 3.8) is 0 Å². The van der Waals surface area contributed by atoms with Crippen LogP contribution in [0.4, 0.5) is 11.8 Å². The molecule has 1 aliphatic heterocycles. The predicted octanol–water partition coefficient (Wildman–Crippen LogP) is 3.38. The molecule has 3 aromatic heterocycles. The minimum atomic E-state index is 0.635. The topological polar surface area (TPSA) is 79.9 Å². The first-order chi connectivity index (χ1) is 15.3. The van der Waals surface area contributed by atoms with Gasteiger partial charge < -0.3 is 9.64 Å². The molecular weight excluding hydrogens is 390 g/mol. The Kier molecular flexibility index (Phi) is 5.28. The van der Waals surface area contributed by atoms with Crippen molar-refractivity contribution in [2.45, 2.75) is 6.92 Å². The Hall–Kier alpha value is -3.78. The summed E-state index contributed by atoms with van der Waals surface area (Å²) >= 11 is 0. The van der Waals surface area contributed by atoms with E-state index in [0.29, 0.717) is 19.0 Å². The highest BCUT2D eigenvalue weighted by atomic mass is 16.5. The maximum atomic E-state index is 5.52. The van der Waals surface area contributed by atoms with Crippen molar-refractivity contribution in [2.24, 2.45) is 5.10 Å². The van der Waals surface area contributed by atoms with Gasteiger partial charge in [-0.05, 0) is 24.6 Å². The molecule has 8 heteroatoms. The van der Waals surface area contributed by atoms with E-state index in [1.54, 1.807) is 12.4 Å². The van der Waals surface area contributed by atoms with Gasteiger partial charge >= 0.3 is 0 Å². The zero-order valence-electron chi connectivity index (χ0n) is 17.3. The quantitative estimate of drug-likeness (QED) is 0.399. The monoisotopic (exact) mass is 413 g/mol. The van der Waals surface area contributed by atoms with Crippen LogP contribution in [-0.2, 0) is 4.74 Å². The van der Waals surface area contributed by atoms with Crippen LogP contribution in [0.1, 0.15) is 11.1 Å². The van der Waals surface area contributed by atoms with E-state index >= 15 is 0 Å². The molecular formula is C23H23N7O. The van der Waals surface area contributed by atoms with Crippen LogP contribution in [0, 0.1) is 6.92 Å². The van der Waals surface area contributed by atoms with Gasteiger partial charge in [0.15, 0.2) is 5.82 Å². The number of anilines is 2. The number of nitrogens with zero attached hydrogens (tertiary/aromatic N) is 6. The van der Waals surface area contributed by atoms with Gasteiger partial charge in [0.2, 0.25) is 5.95 Å². The summed E-state index contributed by atoms with van der Waals surface area (Å²) in [7, 11) is 0. The second-order valence-electron chi connectivity index (χ2n) is 7.39. The third kappa shape index (κ3) is 4.24. The zero-order chi connectivity index (χ0) is 21.0. The number of hydrogen-bond donors (Lipinski definition) is 1. The summed E-state index contributed by atoms with van der Waals surface area (Å²) in [6.07, 6.45) is 5.54.